The van der Waals surface area contributed by atoms with Crippen molar-refractivity contribution in [2.45, 2.75) is 24.3 Å². The van der Waals surface area contributed by atoms with Gasteiger partial charge >= 0.3 is 0 Å². The van der Waals surface area contributed by atoms with Gasteiger partial charge in [0.15, 0.2) is 0 Å². The molecule has 1 atom stereocenters. The number of halogens is 2. The molecular formula is C19H20Cl2N2O3S. The van der Waals surface area contributed by atoms with E-state index >= 15 is 0 Å². The highest BCUT2D eigenvalue weighted by molar-refractivity contribution is 7.89. The molecule has 1 fully saturated rings. The van der Waals surface area contributed by atoms with E-state index in [0.717, 1.165) is 5.56 Å². The van der Waals surface area contributed by atoms with Crippen molar-refractivity contribution < 1.29 is 13.2 Å². The first-order valence-electron chi connectivity index (χ1n) is 8.64. The molecule has 0 aliphatic carbocycles. The van der Waals surface area contributed by atoms with Crippen LogP contribution >= 0.6 is 23.2 Å². The van der Waals surface area contributed by atoms with Gasteiger partial charge in [0, 0.05) is 29.7 Å². The number of hydrogen-bond donors (Lipinski definition) is 1. The second-order valence-corrected chi connectivity index (χ2v) is 9.31. The molecule has 3 rings (SSSR count). The summed E-state index contributed by atoms with van der Waals surface area (Å²) in [6, 6.07) is 13.3. The molecule has 0 aromatic heterocycles. The van der Waals surface area contributed by atoms with E-state index in [1.54, 1.807) is 24.3 Å². The summed E-state index contributed by atoms with van der Waals surface area (Å²) < 4.78 is 27.0. The van der Waals surface area contributed by atoms with Crippen LogP contribution < -0.4 is 5.32 Å². The third-order valence-electron chi connectivity index (χ3n) is 4.59. The minimum Gasteiger partial charge on any atom is -0.352 e. The van der Waals surface area contributed by atoms with Gasteiger partial charge in [-0.05, 0) is 54.8 Å². The standard InChI is InChI=1S/C19H20Cl2N2O3S/c20-16-5-3-14(4-6-16)12-22-19(24)15-2-1-11-23(13-15)27(25,26)18-9-7-17(21)8-10-18/h3-10,15H,1-2,11-13H2,(H,22,24)/t15-/m1/s1. The molecule has 0 unspecified atom stereocenters. The molecule has 0 saturated carbocycles. The molecule has 0 spiro atoms. The minimum absolute atomic E-state index is 0.138. The van der Waals surface area contributed by atoms with E-state index in [0.29, 0.717) is 36.0 Å². The summed E-state index contributed by atoms with van der Waals surface area (Å²) >= 11 is 11.7. The molecule has 1 N–H and O–H groups in total. The van der Waals surface area contributed by atoms with Crippen molar-refractivity contribution in [2.24, 2.45) is 5.92 Å². The molecule has 1 aliphatic heterocycles. The van der Waals surface area contributed by atoms with E-state index in [1.165, 1.54) is 16.4 Å². The van der Waals surface area contributed by atoms with Crippen molar-refractivity contribution in [3.05, 3.63) is 64.1 Å². The average molecular weight is 427 g/mol. The van der Waals surface area contributed by atoms with Gasteiger partial charge in [0.1, 0.15) is 0 Å². The highest BCUT2D eigenvalue weighted by atomic mass is 35.5. The number of nitrogens with one attached hydrogen (secondary N) is 1. The van der Waals surface area contributed by atoms with Crippen molar-refractivity contribution in [2.75, 3.05) is 13.1 Å². The Morgan fingerprint density at radius 1 is 1.04 bits per heavy atom. The van der Waals surface area contributed by atoms with Crippen LogP contribution in [-0.2, 0) is 21.4 Å². The molecule has 2 aromatic rings. The fourth-order valence-electron chi connectivity index (χ4n) is 3.07. The summed E-state index contributed by atoms with van der Waals surface area (Å²) in [7, 11) is -3.64. The maximum Gasteiger partial charge on any atom is 0.243 e. The molecule has 1 amide bonds. The summed E-state index contributed by atoms with van der Waals surface area (Å²) in [6.45, 7) is 0.972. The summed E-state index contributed by atoms with van der Waals surface area (Å²) in [4.78, 5) is 12.7. The highest BCUT2D eigenvalue weighted by Gasteiger charge is 2.33. The van der Waals surface area contributed by atoms with Gasteiger partial charge < -0.3 is 5.32 Å². The zero-order chi connectivity index (χ0) is 19.4. The van der Waals surface area contributed by atoms with Crippen LogP contribution in [0.5, 0.6) is 0 Å². The molecule has 27 heavy (non-hydrogen) atoms. The lowest BCUT2D eigenvalue weighted by atomic mass is 9.99. The first kappa shape index (κ1) is 20.1. The maximum absolute atomic E-state index is 12.8. The first-order chi connectivity index (χ1) is 12.9. The number of carbonyl (C=O) groups excluding carboxylic acids is 1. The lowest BCUT2D eigenvalue weighted by Crippen LogP contribution is -2.45. The quantitative estimate of drug-likeness (QED) is 0.791. The summed E-state index contributed by atoms with van der Waals surface area (Å²) in [6.07, 6.45) is 1.31. The van der Waals surface area contributed by atoms with Gasteiger partial charge in [-0.15, -0.1) is 0 Å². The third-order valence-corrected chi connectivity index (χ3v) is 6.97. The normalized spacial score (nSPS) is 18.2. The van der Waals surface area contributed by atoms with Crippen molar-refractivity contribution in [1.82, 2.24) is 9.62 Å². The summed E-state index contributed by atoms with van der Waals surface area (Å²) in [5.41, 5.74) is 0.939. The fourth-order valence-corrected chi connectivity index (χ4v) is 4.84. The van der Waals surface area contributed by atoms with Crippen LogP contribution in [0.25, 0.3) is 0 Å². The number of sulfonamides is 1. The molecule has 5 nitrogen and oxygen atoms in total. The van der Waals surface area contributed by atoms with E-state index in [1.807, 2.05) is 12.1 Å². The number of amides is 1. The molecule has 1 saturated heterocycles. The van der Waals surface area contributed by atoms with E-state index in [9.17, 15) is 13.2 Å². The van der Waals surface area contributed by atoms with E-state index in [4.69, 9.17) is 23.2 Å². The second-order valence-electron chi connectivity index (χ2n) is 6.50. The number of rotatable bonds is 5. The van der Waals surface area contributed by atoms with Gasteiger partial charge in [-0.25, -0.2) is 8.42 Å². The van der Waals surface area contributed by atoms with Crippen LogP contribution in [0.15, 0.2) is 53.4 Å². The Bertz CT molecular complexity index is 900. The predicted octanol–water partition coefficient (Wildman–Crippen LogP) is 3.71. The molecule has 8 heteroatoms. The zero-order valence-electron chi connectivity index (χ0n) is 14.6. The van der Waals surface area contributed by atoms with Gasteiger partial charge in [0.05, 0.1) is 10.8 Å². The van der Waals surface area contributed by atoms with Gasteiger partial charge in [0.25, 0.3) is 0 Å². The van der Waals surface area contributed by atoms with E-state index in [-0.39, 0.29) is 23.3 Å². The third kappa shape index (κ3) is 5.02. The van der Waals surface area contributed by atoms with E-state index < -0.39 is 10.0 Å². The molecule has 2 aromatic carbocycles. The Labute approximate surface area is 169 Å². The van der Waals surface area contributed by atoms with Crippen molar-refractivity contribution in [1.29, 1.82) is 0 Å². The van der Waals surface area contributed by atoms with Crippen molar-refractivity contribution in [3.8, 4) is 0 Å². The van der Waals surface area contributed by atoms with Crippen LogP contribution in [0, 0.1) is 5.92 Å². The molecular weight excluding hydrogens is 407 g/mol. The van der Waals surface area contributed by atoms with Gasteiger partial charge in [-0.2, -0.15) is 4.31 Å². The number of benzene rings is 2. The topological polar surface area (TPSA) is 66.5 Å². The Morgan fingerprint density at radius 3 is 2.26 bits per heavy atom. The maximum atomic E-state index is 12.8. The van der Waals surface area contributed by atoms with Crippen LogP contribution in [0.3, 0.4) is 0 Å². The van der Waals surface area contributed by atoms with Gasteiger partial charge in [0.2, 0.25) is 15.9 Å². The lowest BCUT2D eigenvalue weighted by Gasteiger charge is -2.31. The Morgan fingerprint density at radius 2 is 1.63 bits per heavy atom. The molecule has 1 aliphatic rings. The van der Waals surface area contributed by atoms with Crippen LogP contribution in [0.2, 0.25) is 10.0 Å². The molecule has 144 valence electrons. The Balaban J connectivity index is 1.63. The van der Waals surface area contributed by atoms with Crippen LogP contribution in [0.4, 0.5) is 0 Å². The minimum atomic E-state index is -3.64. The highest BCUT2D eigenvalue weighted by Crippen LogP contribution is 2.25. The lowest BCUT2D eigenvalue weighted by molar-refractivity contribution is -0.126. The second kappa shape index (κ2) is 8.61. The number of piperidine rings is 1. The summed E-state index contributed by atoms with van der Waals surface area (Å²) in [5, 5.41) is 4.00. The summed E-state index contributed by atoms with van der Waals surface area (Å²) in [5.74, 6) is -0.505. The number of carbonyl (C=O) groups is 1. The first-order valence-corrected chi connectivity index (χ1v) is 10.8. The zero-order valence-corrected chi connectivity index (χ0v) is 16.9. The van der Waals surface area contributed by atoms with Gasteiger partial charge in [-0.3, -0.25) is 4.79 Å². The van der Waals surface area contributed by atoms with E-state index in [2.05, 4.69) is 5.32 Å². The smallest absolute Gasteiger partial charge is 0.243 e. The van der Waals surface area contributed by atoms with Crippen LogP contribution in [-0.4, -0.2) is 31.7 Å². The fraction of sp³-hybridized carbons (Fsp3) is 0.316. The number of hydrogen-bond acceptors (Lipinski definition) is 3. The molecule has 1 heterocycles. The predicted molar refractivity (Wildman–Crippen MR) is 106 cm³/mol. The SMILES string of the molecule is O=C(NCc1ccc(Cl)cc1)[C@@H]1CCCN(S(=O)(=O)c2ccc(Cl)cc2)C1. The Hall–Kier alpha value is -1.60. The largest absolute Gasteiger partial charge is 0.352 e. The monoisotopic (exact) mass is 426 g/mol. The molecule has 0 radical (unpaired) electrons. The van der Waals surface area contributed by atoms with Crippen molar-refractivity contribution in [3.63, 3.8) is 0 Å². The average Bonchev–Trinajstić information content (AvgIpc) is 2.68. The van der Waals surface area contributed by atoms with Gasteiger partial charge in [-0.1, -0.05) is 35.3 Å². The van der Waals surface area contributed by atoms with Crippen LogP contribution in [0.1, 0.15) is 18.4 Å². The van der Waals surface area contributed by atoms with Crippen molar-refractivity contribution >= 4 is 39.1 Å². The number of nitrogens with zero attached hydrogens (tertiary/aromatic N) is 1. The molecule has 0 bridgehead atoms. The Kier molecular flexibility index (Phi) is 6.42.